The topological polar surface area (TPSA) is 70.4 Å². The summed E-state index contributed by atoms with van der Waals surface area (Å²) in [5.74, 6) is 0.730. The summed E-state index contributed by atoms with van der Waals surface area (Å²) in [4.78, 5) is 19.0. The van der Waals surface area contributed by atoms with Gasteiger partial charge in [0.25, 0.3) is 0 Å². The SMILES string of the molecule is Cc1ccccc1NC(=O)CCN1C(=S)NC(c2ccccn2)C1c1ccco1. The summed E-state index contributed by atoms with van der Waals surface area (Å²) in [6, 6.07) is 17.0. The number of pyridine rings is 1. The number of hydrogen-bond donors (Lipinski definition) is 2. The lowest BCUT2D eigenvalue weighted by molar-refractivity contribution is -0.116. The average molecular weight is 407 g/mol. The molecule has 3 heterocycles. The lowest BCUT2D eigenvalue weighted by Crippen LogP contribution is -2.32. The molecule has 0 saturated carbocycles. The maximum Gasteiger partial charge on any atom is 0.226 e. The van der Waals surface area contributed by atoms with E-state index in [0.717, 1.165) is 22.7 Å². The van der Waals surface area contributed by atoms with Gasteiger partial charge in [-0.1, -0.05) is 24.3 Å². The number of benzene rings is 1. The van der Waals surface area contributed by atoms with Crippen LogP contribution in [0.5, 0.6) is 0 Å². The molecule has 3 aromatic rings. The summed E-state index contributed by atoms with van der Waals surface area (Å²) in [7, 11) is 0. The molecular formula is C22H22N4O2S. The maximum absolute atomic E-state index is 12.5. The molecule has 4 rings (SSSR count). The predicted octanol–water partition coefficient (Wildman–Crippen LogP) is 3.98. The molecule has 2 aromatic heterocycles. The van der Waals surface area contributed by atoms with Crippen molar-refractivity contribution in [3.8, 4) is 0 Å². The Hall–Kier alpha value is -3.19. The van der Waals surface area contributed by atoms with Crippen LogP contribution in [-0.4, -0.2) is 27.4 Å². The zero-order valence-electron chi connectivity index (χ0n) is 16.0. The van der Waals surface area contributed by atoms with Crippen molar-refractivity contribution in [2.45, 2.75) is 25.4 Å². The van der Waals surface area contributed by atoms with E-state index in [0.29, 0.717) is 18.1 Å². The normalized spacial score (nSPS) is 18.5. The van der Waals surface area contributed by atoms with E-state index in [1.165, 1.54) is 0 Å². The van der Waals surface area contributed by atoms with Crippen molar-refractivity contribution >= 4 is 28.9 Å². The van der Waals surface area contributed by atoms with Gasteiger partial charge in [0.15, 0.2) is 5.11 Å². The average Bonchev–Trinajstić information content (AvgIpc) is 3.36. The van der Waals surface area contributed by atoms with Crippen LogP contribution in [0.2, 0.25) is 0 Å². The van der Waals surface area contributed by atoms with Crippen LogP contribution < -0.4 is 10.6 Å². The standard InChI is InChI=1S/C22H22N4O2S/c1-15-7-2-3-8-16(15)24-19(27)11-13-26-21(18-10-6-14-28-18)20(25-22(26)29)17-9-4-5-12-23-17/h2-10,12,14,20-21H,11,13H2,1H3,(H,24,27)(H,25,29). The number of aromatic nitrogens is 1. The van der Waals surface area contributed by atoms with Crippen molar-refractivity contribution in [3.63, 3.8) is 0 Å². The molecular weight excluding hydrogens is 384 g/mol. The molecule has 1 amide bonds. The van der Waals surface area contributed by atoms with Gasteiger partial charge in [0.1, 0.15) is 11.8 Å². The Morgan fingerprint density at radius 1 is 1.21 bits per heavy atom. The highest BCUT2D eigenvalue weighted by Gasteiger charge is 2.41. The zero-order chi connectivity index (χ0) is 20.2. The van der Waals surface area contributed by atoms with Gasteiger partial charge in [0.05, 0.1) is 18.0 Å². The van der Waals surface area contributed by atoms with Crippen molar-refractivity contribution in [1.82, 2.24) is 15.2 Å². The number of anilines is 1. The Morgan fingerprint density at radius 2 is 2.03 bits per heavy atom. The number of nitrogens with zero attached hydrogens (tertiary/aromatic N) is 2. The first-order chi connectivity index (χ1) is 14.1. The maximum atomic E-state index is 12.5. The van der Waals surface area contributed by atoms with Gasteiger partial charge >= 0.3 is 0 Å². The van der Waals surface area contributed by atoms with E-state index in [2.05, 4.69) is 15.6 Å². The molecule has 0 radical (unpaired) electrons. The molecule has 1 aliphatic rings. The van der Waals surface area contributed by atoms with Crippen molar-refractivity contribution in [2.75, 3.05) is 11.9 Å². The quantitative estimate of drug-likeness (QED) is 0.604. The third-order valence-electron chi connectivity index (χ3n) is 5.03. The number of rotatable bonds is 6. The molecule has 2 atom stereocenters. The first-order valence-corrected chi connectivity index (χ1v) is 9.91. The van der Waals surface area contributed by atoms with E-state index in [4.69, 9.17) is 16.6 Å². The molecule has 1 fully saturated rings. The van der Waals surface area contributed by atoms with Gasteiger partial charge < -0.3 is 20.0 Å². The van der Waals surface area contributed by atoms with E-state index < -0.39 is 0 Å². The highest BCUT2D eigenvalue weighted by atomic mass is 32.1. The fraction of sp³-hybridized carbons (Fsp3) is 0.227. The zero-order valence-corrected chi connectivity index (χ0v) is 16.9. The van der Waals surface area contributed by atoms with Gasteiger partial charge in [-0.2, -0.15) is 0 Å². The first-order valence-electron chi connectivity index (χ1n) is 9.50. The number of para-hydroxylation sites is 1. The van der Waals surface area contributed by atoms with Crippen molar-refractivity contribution in [1.29, 1.82) is 0 Å². The van der Waals surface area contributed by atoms with Gasteiger partial charge in [-0.05, 0) is 55.0 Å². The van der Waals surface area contributed by atoms with Gasteiger partial charge in [0.2, 0.25) is 5.91 Å². The fourth-order valence-corrected chi connectivity index (χ4v) is 3.89. The van der Waals surface area contributed by atoms with Gasteiger partial charge in [-0.3, -0.25) is 9.78 Å². The fourth-order valence-electron chi connectivity index (χ4n) is 3.56. The van der Waals surface area contributed by atoms with Gasteiger partial charge in [0, 0.05) is 24.8 Å². The molecule has 1 aromatic carbocycles. The smallest absolute Gasteiger partial charge is 0.226 e. The number of carbonyl (C=O) groups is 1. The minimum Gasteiger partial charge on any atom is -0.467 e. The Bertz CT molecular complexity index is 991. The third kappa shape index (κ3) is 4.14. The lowest BCUT2D eigenvalue weighted by atomic mass is 10.0. The summed E-state index contributed by atoms with van der Waals surface area (Å²) in [6.07, 6.45) is 3.72. The minimum absolute atomic E-state index is 0.0541. The number of hydrogen-bond acceptors (Lipinski definition) is 4. The van der Waals surface area contributed by atoms with Crippen LogP contribution >= 0.6 is 12.2 Å². The number of aryl methyl sites for hydroxylation is 1. The molecule has 148 valence electrons. The highest BCUT2D eigenvalue weighted by molar-refractivity contribution is 7.80. The summed E-state index contributed by atoms with van der Waals surface area (Å²) in [6.45, 7) is 2.44. The molecule has 1 saturated heterocycles. The van der Waals surface area contributed by atoms with E-state index in [9.17, 15) is 4.79 Å². The number of amides is 1. The molecule has 6 nitrogen and oxygen atoms in total. The van der Waals surface area contributed by atoms with Crippen LogP contribution in [0.1, 0.15) is 35.5 Å². The van der Waals surface area contributed by atoms with Crippen LogP contribution in [0.25, 0.3) is 0 Å². The predicted molar refractivity (Wildman–Crippen MR) is 115 cm³/mol. The van der Waals surface area contributed by atoms with Crippen molar-refractivity contribution in [2.24, 2.45) is 0 Å². The number of carbonyl (C=O) groups excluding carboxylic acids is 1. The summed E-state index contributed by atoms with van der Waals surface area (Å²) in [5, 5.41) is 6.91. The second-order valence-electron chi connectivity index (χ2n) is 6.95. The monoisotopic (exact) mass is 406 g/mol. The van der Waals surface area contributed by atoms with E-state index >= 15 is 0 Å². The Balaban J connectivity index is 1.50. The van der Waals surface area contributed by atoms with Crippen molar-refractivity contribution in [3.05, 3.63) is 84.1 Å². The van der Waals surface area contributed by atoms with E-state index in [1.807, 2.05) is 66.4 Å². The molecule has 0 aliphatic carbocycles. The number of thiocarbonyl (C=S) groups is 1. The Morgan fingerprint density at radius 3 is 2.76 bits per heavy atom. The van der Waals surface area contributed by atoms with Gasteiger partial charge in [-0.15, -0.1) is 0 Å². The molecule has 0 spiro atoms. The van der Waals surface area contributed by atoms with E-state index in [-0.39, 0.29) is 18.0 Å². The van der Waals surface area contributed by atoms with Gasteiger partial charge in [-0.25, -0.2) is 0 Å². The van der Waals surface area contributed by atoms with Crippen molar-refractivity contribution < 1.29 is 9.21 Å². The molecule has 2 N–H and O–H groups in total. The highest BCUT2D eigenvalue weighted by Crippen LogP contribution is 2.38. The van der Waals surface area contributed by atoms with E-state index in [1.54, 1.807) is 12.5 Å². The first kappa shape index (κ1) is 19.1. The third-order valence-corrected chi connectivity index (χ3v) is 5.38. The summed E-state index contributed by atoms with van der Waals surface area (Å²) < 4.78 is 5.70. The molecule has 7 heteroatoms. The molecule has 1 aliphatic heterocycles. The van der Waals surface area contributed by atoms with Crippen LogP contribution in [0.3, 0.4) is 0 Å². The molecule has 29 heavy (non-hydrogen) atoms. The summed E-state index contributed by atoms with van der Waals surface area (Å²) in [5.41, 5.74) is 2.74. The molecule has 2 unspecified atom stereocenters. The van der Waals surface area contributed by atoms with Crippen LogP contribution in [-0.2, 0) is 4.79 Å². The molecule has 0 bridgehead atoms. The largest absolute Gasteiger partial charge is 0.467 e. The Kier molecular flexibility index (Phi) is 5.57. The Labute approximate surface area is 174 Å². The number of nitrogens with one attached hydrogen (secondary N) is 2. The number of furan rings is 1. The van der Waals surface area contributed by atoms with Crippen LogP contribution in [0, 0.1) is 6.92 Å². The van der Waals surface area contributed by atoms with Crippen LogP contribution in [0.15, 0.2) is 71.5 Å². The minimum atomic E-state index is -0.168. The second-order valence-corrected chi connectivity index (χ2v) is 7.34. The van der Waals surface area contributed by atoms with Crippen LogP contribution in [0.4, 0.5) is 5.69 Å². The summed E-state index contributed by atoms with van der Waals surface area (Å²) >= 11 is 5.58. The second kappa shape index (κ2) is 8.45. The lowest BCUT2D eigenvalue weighted by Gasteiger charge is -2.25.